The number of allylic oxidation sites excluding steroid dienone is 1. The molecule has 4 N–H and O–H groups in total. The van der Waals surface area contributed by atoms with Crippen LogP contribution in [0.15, 0.2) is 12.2 Å². The zero-order valence-electron chi connectivity index (χ0n) is 24.3. The summed E-state index contributed by atoms with van der Waals surface area (Å²) in [7, 11) is -3.99. The zero-order valence-corrected chi connectivity index (χ0v) is 25.2. The predicted molar refractivity (Wildman–Crippen MR) is 148 cm³/mol. The summed E-state index contributed by atoms with van der Waals surface area (Å²) in [5.74, 6) is 1.42. The number of fused-ring (bicyclic) bond motifs is 5. The minimum Gasteiger partial charge on any atom is -0.393 e. The quantitative estimate of drug-likeness (QED) is 0.358. The molecule has 4 fully saturated rings. The van der Waals surface area contributed by atoms with Gasteiger partial charge in [0.25, 0.3) is 0 Å². The SMILES string of the molecule is C=C(CCCC(C)(C)OS(N)(=O)=O)[C@H]1CC[C@]2(C)[C@@H]1[C@H](O)C[C@@H]1[C@@]3(C)CC[C@H](O)C(C)(C)[C@@H]3CC[C@]12C. The van der Waals surface area contributed by atoms with Gasteiger partial charge in [-0.25, -0.2) is 5.14 Å². The third-order valence-electron chi connectivity index (χ3n) is 12.5. The fraction of sp³-hybridized carbons (Fsp3) is 0.933. The summed E-state index contributed by atoms with van der Waals surface area (Å²) in [6, 6.07) is 0. The molecule has 6 nitrogen and oxygen atoms in total. The van der Waals surface area contributed by atoms with Crippen LogP contribution >= 0.6 is 0 Å². The van der Waals surface area contributed by atoms with E-state index in [9.17, 15) is 18.6 Å². The molecule has 0 amide bonds. The molecule has 0 aliphatic heterocycles. The Kier molecular flexibility index (Phi) is 7.41. The van der Waals surface area contributed by atoms with Crippen LogP contribution in [-0.2, 0) is 14.5 Å². The molecular weight excluding hydrogens is 486 g/mol. The number of aliphatic hydroxyl groups excluding tert-OH is 2. The van der Waals surface area contributed by atoms with E-state index in [0.29, 0.717) is 18.3 Å². The summed E-state index contributed by atoms with van der Waals surface area (Å²) in [6.45, 7) is 20.0. The van der Waals surface area contributed by atoms with Gasteiger partial charge in [0.05, 0.1) is 17.8 Å². The van der Waals surface area contributed by atoms with Crippen LogP contribution in [-0.4, -0.2) is 36.4 Å². The third-order valence-corrected chi connectivity index (χ3v) is 13.2. The van der Waals surface area contributed by atoms with E-state index < -0.39 is 15.9 Å². The molecule has 0 aromatic carbocycles. The van der Waals surface area contributed by atoms with Gasteiger partial charge in [-0.2, -0.15) is 8.42 Å². The normalized spacial score (nSPS) is 45.6. The molecule has 0 aromatic heterocycles. The van der Waals surface area contributed by atoms with Crippen molar-refractivity contribution >= 4 is 10.3 Å². The van der Waals surface area contributed by atoms with Crippen molar-refractivity contribution in [2.24, 2.45) is 50.5 Å². The molecule has 0 saturated heterocycles. The fourth-order valence-electron chi connectivity index (χ4n) is 10.5. The van der Waals surface area contributed by atoms with Crippen LogP contribution in [0, 0.1) is 45.3 Å². The highest BCUT2D eigenvalue weighted by atomic mass is 32.2. The summed E-state index contributed by atoms with van der Waals surface area (Å²) in [6.07, 6.45) is 8.77. The molecule has 0 aromatic rings. The Balaban J connectivity index is 1.52. The first-order valence-electron chi connectivity index (χ1n) is 14.6. The van der Waals surface area contributed by atoms with Crippen LogP contribution in [0.1, 0.15) is 113 Å². The first-order valence-corrected chi connectivity index (χ1v) is 16.0. The molecule has 0 heterocycles. The smallest absolute Gasteiger partial charge is 0.333 e. The van der Waals surface area contributed by atoms with Crippen LogP contribution in [0.25, 0.3) is 0 Å². The molecule has 0 radical (unpaired) electrons. The van der Waals surface area contributed by atoms with Gasteiger partial charge in [-0.05, 0) is 123 Å². The van der Waals surface area contributed by atoms with Gasteiger partial charge >= 0.3 is 10.3 Å². The highest BCUT2D eigenvalue weighted by molar-refractivity contribution is 7.84. The zero-order chi connectivity index (χ0) is 27.8. The Morgan fingerprint density at radius 1 is 1.00 bits per heavy atom. The van der Waals surface area contributed by atoms with Crippen molar-refractivity contribution in [2.45, 2.75) is 130 Å². The van der Waals surface area contributed by atoms with Gasteiger partial charge in [0.1, 0.15) is 0 Å². The van der Waals surface area contributed by atoms with Crippen LogP contribution < -0.4 is 5.14 Å². The maximum atomic E-state index is 11.8. The maximum Gasteiger partial charge on any atom is 0.333 e. The third kappa shape index (κ3) is 4.77. The molecule has 0 unspecified atom stereocenters. The van der Waals surface area contributed by atoms with Gasteiger partial charge in [0.15, 0.2) is 0 Å². The van der Waals surface area contributed by atoms with Crippen LogP contribution in [0.2, 0.25) is 0 Å². The van der Waals surface area contributed by atoms with E-state index in [1.54, 1.807) is 13.8 Å². The molecule has 4 aliphatic carbocycles. The standard InChI is InChI=1S/C30H53NO5S/c1-19(10-9-14-26(2,3)36-37(31,34)35)20-11-16-30(8)25(20)21(32)18-23-28(6)15-13-24(33)27(4,5)22(28)12-17-29(23,30)7/h20-25,32-33H,1,9-18H2,2-8H3,(H2,31,34,35)/t20-,21-,22+,23-,24+,25+,28+,29-,30-/m1/s1. The van der Waals surface area contributed by atoms with Gasteiger partial charge in [0.2, 0.25) is 0 Å². The van der Waals surface area contributed by atoms with E-state index in [4.69, 9.17) is 9.32 Å². The van der Waals surface area contributed by atoms with Crippen molar-refractivity contribution in [3.05, 3.63) is 12.2 Å². The molecule has 7 heteroatoms. The van der Waals surface area contributed by atoms with Crippen molar-refractivity contribution < 1.29 is 22.8 Å². The van der Waals surface area contributed by atoms with Gasteiger partial charge in [-0.1, -0.05) is 46.8 Å². The van der Waals surface area contributed by atoms with Crippen molar-refractivity contribution in [3.63, 3.8) is 0 Å². The summed E-state index contributed by atoms with van der Waals surface area (Å²) >= 11 is 0. The minimum atomic E-state index is -3.99. The number of rotatable bonds is 7. The van der Waals surface area contributed by atoms with E-state index in [0.717, 1.165) is 57.8 Å². The highest BCUT2D eigenvalue weighted by Gasteiger charge is 2.70. The molecule has 214 valence electrons. The van der Waals surface area contributed by atoms with Crippen LogP contribution in [0.4, 0.5) is 0 Å². The van der Waals surface area contributed by atoms with E-state index in [2.05, 4.69) is 41.2 Å². The summed E-state index contributed by atoms with van der Waals surface area (Å²) in [5.41, 5.74) is 0.578. The van der Waals surface area contributed by atoms with E-state index in [1.807, 2.05) is 0 Å². The number of nitrogens with two attached hydrogens (primary N) is 1. The van der Waals surface area contributed by atoms with E-state index in [-0.39, 0.29) is 45.7 Å². The lowest BCUT2D eigenvalue weighted by atomic mass is 9.35. The minimum absolute atomic E-state index is 0.0487. The first kappa shape index (κ1) is 29.5. The second-order valence-corrected chi connectivity index (χ2v) is 16.3. The Bertz CT molecular complexity index is 1010. The average molecular weight is 540 g/mol. The van der Waals surface area contributed by atoms with Crippen molar-refractivity contribution in [1.29, 1.82) is 0 Å². The van der Waals surface area contributed by atoms with Crippen LogP contribution in [0.5, 0.6) is 0 Å². The molecular formula is C30H53NO5S. The highest BCUT2D eigenvalue weighted by Crippen LogP contribution is 2.75. The van der Waals surface area contributed by atoms with Gasteiger partial charge in [-0.3, -0.25) is 4.18 Å². The number of aliphatic hydroxyl groups is 2. The Morgan fingerprint density at radius 2 is 1.62 bits per heavy atom. The van der Waals surface area contributed by atoms with E-state index in [1.165, 1.54) is 5.57 Å². The fourth-order valence-corrected chi connectivity index (χ4v) is 11.2. The molecule has 4 rings (SSSR count). The summed E-state index contributed by atoms with van der Waals surface area (Å²) in [5, 5.41) is 27.8. The molecule has 0 bridgehead atoms. The molecule has 4 saturated carbocycles. The summed E-state index contributed by atoms with van der Waals surface area (Å²) in [4.78, 5) is 0. The lowest BCUT2D eigenvalue weighted by Gasteiger charge is -2.70. The Morgan fingerprint density at radius 3 is 2.24 bits per heavy atom. The predicted octanol–water partition coefficient (Wildman–Crippen LogP) is 5.73. The molecule has 9 atom stereocenters. The van der Waals surface area contributed by atoms with E-state index >= 15 is 0 Å². The molecule has 0 spiro atoms. The molecule has 37 heavy (non-hydrogen) atoms. The Labute approximate surface area is 226 Å². The van der Waals surface area contributed by atoms with Gasteiger partial charge < -0.3 is 10.2 Å². The topological polar surface area (TPSA) is 110 Å². The van der Waals surface area contributed by atoms with Gasteiger partial charge in [-0.15, -0.1) is 0 Å². The second kappa shape index (κ2) is 9.29. The largest absolute Gasteiger partial charge is 0.393 e. The number of hydrogen-bond donors (Lipinski definition) is 3. The lowest BCUT2D eigenvalue weighted by Crippen LogP contribution is -2.66. The molecule has 4 aliphatic rings. The average Bonchev–Trinajstić information content (AvgIpc) is 3.11. The van der Waals surface area contributed by atoms with Crippen molar-refractivity contribution in [2.75, 3.05) is 0 Å². The second-order valence-electron chi connectivity index (χ2n) is 15.2. The first-order chi connectivity index (χ1) is 16.8. The number of hydrogen-bond acceptors (Lipinski definition) is 5. The van der Waals surface area contributed by atoms with Crippen molar-refractivity contribution in [3.8, 4) is 0 Å². The Hall–Kier alpha value is -0.470. The summed E-state index contributed by atoms with van der Waals surface area (Å²) < 4.78 is 27.8. The van der Waals surface area contributed by atoms with Crippen LogP contribution in [0.3, 0.4) is 0 Å². The maximum absolute atomic E-state index is 11.8. The van der Waals surface area contributed by atoms with Crippen molar-refractivity contribution in [1.82, 2.24) is 0 Å². The van der Waals surface area contributed by atoms with Gasteiger partial charge in [0, 0.05) is 0 Å². The monoisotopic (exact) mass is 539 g/mol. The lowest BCUT2D eigenvalue weighted by molar-refractivity contribution is -0.240.